The van der Waals surface area contributed by atoms with Gasteiger partial charge in [0.1, 0.15) is 5.82 Å². The SMILES string of the molecule is CC(c1ccccc1Cl)N(C)Cc1c(N)cccc1F. The predicted octanol–water partition coefficient (Wildman–Crippen LogP) is 4.25. The quantitative estimate of drug-likeness (QED) is 0.854. The van der Waals surface area contributed by atoms with Crippen LogP contribution >= 0.6 is 11.6 Å². The average molecular weight is 293 g/mol. The van der Waals surface area contributed by atoms with Crippen LogP contribution in [-0.2, 0) is 6.54 Å². The molecule has 106 valence electrons. The number of halogens is 2. The molecule has 2 N–H and O–H groups in total. The Labute approximate surface area is 124 Å². The molecule has 0 radical (unpaired) electrons. The highest BCUT2D eigenvalue weighted by Crippen LogP contribution is 2.28. The van der Waals surface area contributed by atoms with E-state index in [1.807, 2.05) is 43.1 Å². The molecule has 20 heavy (non-hydrogen) atoms. The molecule has 2 rings (SSSR count). The predicted molar refractivity (Wildman–Crippen MR) is 82.1 cm³/mol. The number of anilines is 1. The van der Waals surface area contributed by atoms with Crippen LogP contribution in [0.3, 0.4) is 0 Å². The van der Waals surface area contributed by atoms with Gasteiger partial charge in [0.15, 0.2) is 0 Å². The lowest BCUT2D eigenvalue weighted by molar-refractivity contribution is 0.250. The third kappa shape index (κ3) is 3.11. The molecule has 2 nitrogen and oxygen atoms in total. The molecule has 0 fully saturated rings. The second kappa shape index (κ2) is 6.25. The summed E-state index contributed by atoms with van der Waals surface area (Å²) >= 11 is 6.20. The third-order valence-corrected chi connectivity index (χ3v) is 3.92. The minimum atomic E-state index is -0.275. The van der Waals surface area contributed by atoms with Crippen molar-refractivity contribution < 1.29 is 4.39 Å². The highest BCUT2D eigenvalue weighted by atomic mass is 35.5. The van der Waals surface area contributed by atoms with Crippen LogP contribution in [0.5, 0.6) is 0 Å². The van der Waals surface area contributed by atoms with Gasteiger partial charge in [0.25, 0.3) is 0 Å². The highest BCUT2D eigenvalue weighted by Gasteiger charge is 2.17. The minimum Gasteiger partial charge on any atom is -0.398 e. The van der Waals surface area contributed by atoms with Gasteiger partial charge in [0.2, 0.25) is 0 Å². The molecule has 0 bridgehead atoms. The van der Waals surface area contributed by atoms with E-state index in [2.05, 4.69) is 0 Å². The Morgan fingerprint density at radius 2 is 1.90 bits per heavy atom. The van der Waals surface area contributed by atoms with Crippen LogP contribution in [0.25, 0.3) is 0 Å². The van der Waals surface area contributed by atoms with Crippen molar-refractivity contribution in [2.75, 3.05) is 12.8 Å². The van der Waals surface area contributed by atoms with E-state index in [0.29, 0.717) is 22.8 Å². The van der Waals surface area contributed by atoms with E-state index in [-0.39, 0.29) is 11.9 Å². The maximum absolute atomic E-state index is 13.8. The van der Waals surface area contributed by atoms with E-state index in [1.165, 1.54) is 6.07 Å². The summed E-state index contributed by atoms with van der Waals surface area (Å²) in [6, 6.07) is 12.5. The van der Waals surface area contributed by atoms with E-state index in [1.54, 1.807) is 12.1 Å². The first-order valence-corrected chi connectivity index (χ1v) is 6.86. The summed E-state index contributed by atoms with van der Waals surface area (Å²) < 4.78 is 13.8. The van der Waals surface area contributed by atoms with Crippen molar-refractivity contribution in [3.63, 3.8) is 0 Å². The Morgan fingerprint density at radius 3 is 2.55 bits per heavy atom. The molecule has 1 unspecified atom stereocenters. The number of hydrogen-bond acceptors (Lipinski definition) is 2. The maximum Gasteiger partial charge on any atom is 0.129 e. The fourth-order valence-electron chi connectivity index (χ4n) is 2.18. The molecular formula is C16H18ClFN2. The van der Waals surface area contributed by atoms with Gasteiger partial charge in [-0.1, -0.05) is 35.9 Å². The fourth-order valence-corrected chi connectivity index (χ4v) is 2.47. The molecule has 0 aromatic heterocycles. The topological polar surface area (TPSA) is 29.3 Å². The van der Waals surface area contributed by atoms with Gasteiger partial charge in [0, 0.05) is 28.9 Å². The first-order valence-electron chi connectivity index (χ1n) is 6.48. The van der Waals surface area contributed by atoms with Gasteiger partial charge < -0.3 is 5.73 Å². The number of benzene rings is 2. The molecule has 0 heterocycles. The Bertz CT molecular complexity index is 581. The van der Waals surface area contributed by atoms with Gasteiger partial charge >= 0.3 is 0 Å². The molecule has 0 saturated carbocycles. The second-order valence-corrected chi connectivity index (χ2v) is 5.33. The summed E-state index contributed by atoms with van der Waals surface area (Å²) in [5.41, 5.74) is 7.86. The number of nitrogens with two attached hydrogens (primary N) is 1. The Kier molecular flexibility index (Phi) is 4.63. The Morgan fingerprint density at radius 1 is 1.20 bits per heavy atom. The van der Waals surface area contributed by atoms with Crippen LogP contribution in [0.4, 0.5) is 10.1 Å². The molecule has 1 atom stereocenters. The highest BCUT2D eigenvalue weighted by molar-refractivity contribution is 6.31. The van der Waals surface area contributed by atoms with Crippen molar-refractivity contribution in [2.45, 2.75) is 19.5 Å². The molecular weight excluding hydrogens is 275 g/mol. The normalized spacial score (nSPS) is 12.7. The van der Waals surface area contributed by atoms with Gasteiger partial charge in [-0.05, 0) is 37.7 Å². The molecule has 0 saturated heterocycles. The fraction of sp³-hybridized carbons (Fsp3) is 0.250. The first kappa shape index (κ1) is 14.8. The van der Waals surface area contributed by atoms with Crippen molar-refractivity contribution in [2.24, 2.45) is 0 Å². The molecule has 2 aromatic rings. The third-order valence-electron chi connectivity index (χ3n) is 3.58. The van der Waals surface area contributed by atoms with Crippen LogP contribution in [0.15, 0.2) is 42.5 Å². The standard InChI is InChI=1S/C16H18ClFN2/c1-11(12-6-3-4-7-14(12)17)20(2)10-13-15(18)8-5-9-16(13)19/h3-9,11H,10,19H2,1-2H3. The lowest BCUT2D eigenvalue weighted by Crippen LogP contribution is -2.23. The van der Waals surface area contributed by atoms with Crippen LogP contribution in [0.1, 0.15) is 24.1 Å². The molecule has 4 heteroatoms. The van der Waals surface area contributed by atoms with Crippen LogP contribution in [0.2, 0.25) is 5.02 Å². The molecule has 2 aromatic carbocycles. The number of nitrogens with zero attached hydrogens (tertiary/aromatic N) is 1. The van der Waals surface area contributed by atoms with E-state index in [4.69, 9.17) is 17.3 Å². The lowest BCUT2D eigenvalue weighted by atomic mass is 10.1. The van der Waals surface area contributed by atoms with Gasteiger partial charge in [-0.3, -0.25) is 4.90 Å². The summed E-state index contributed by atoms with van der Waals surface area (Å²) in [6.45, 7) is 2.48. The molecule has 0 aliphatic carbocycles. The average Bonchev–Trinajstić information content (AvgIpc) is 2.42. The van der Waals surface area contributed by atoms with Crippen molar-refractivity contribution in [1.29, 1.82) is 0 Å². The van der Waals surface area contributed by atoms with E-state index >= 15 is 0 Å². The summed E-state index contributed by atoms with van der Waals surface area (Å²) in [4.78, 5) is 2.02. The van der Waals surface area contributed by atoms with Crippen molar-refractivity contribution in [3.05, 3.63) is 64.4 Å². The molecule has 0 aliphatic rings. The molecule has 0 amide bonds. The Hall–Kier alpha value is -1.58. The molecule has 0 aliphatic heterocycles. The zero-order chi connectivity index (χ0) is 14.7. The van der Waals surface area contributed by atoms with Crippen LogP contribution in [0, 0.1) is 5.82 Å². The summed E-state index contributed by atoms with van der Waals surface area (Å²) in [5, 5.41) is 0.716. The Balaban J connectivity index is 2.20. The number of nitrogen functional groups attached to an aromatic ring is 1. The monoisotopic (exact) mass is 292 g/mol. The van der Waals surface area contributed by atoms with E-state index in [9.17, 15) is 4.39 Å². The maximum atomic E-state index is 13.8. The summed E-state index contributed by atoms with van der Waals surface area (Å²) in [7, 11) is 1.93. The van der Waals surface area contributed by atoms with E-state index in [0.717, 1.165) is 5.56 Å². The largest absolute Gasteiger partial charge is 0.398 e. The summed E-state index contributed by atoms with van der Waals surface area (Å²) in [6.07, 6.45) is 0. The van der Waals surface area contributed by atoms with Gasteiger partial charge in [-0.2, -0.15) is 0 Å². The van der Waals surface area contributed by atoms with Crippen molar-refractivity contribution in [3.8, 4) is 0 Å². The lowest BCUT2D eigenvalue weighted by Gasteiger charge is -2.26. The number of hydrogen-bond donors (Lipinski definition) is 1. The smallest absolute Gasteiger partial charge is 0.129 e. The van der Waals surface area contributed by atoms with Crippen molar-refractivity contribution in [1.82, 2.24) is 4.90 Å². The minimum absolute atomic E-state index is 0.0720. The van der Waals surface area contributed by atoms with Crippen LogP contribution in [-0.4, -0.2) is 11.9 Å². The second-order valence-electron chi connectivity index (χ2n) is 4.92. The molecule has 0 spiro atoms. The number of rotatable bonds is 4. The van der Waals surface area contributed by atoms with Gasteiger partial charge in [-0.25, -0.2) is 4.39 Å². The zero-order valence-electron chi connectivity index (χ0n) is 11.6. The van der Waals surface area contributed by atoms with Crippen molar-refractivity contribution >= 4 is 17.3 Å². The van der Waals surface area contributed by atoms with Crippen LogP contribution < -0.4 is 5.73 Å². The first-order chi connectivity index (χ1) is 9.50. The van der Waals surface area contributed by atoms with Gasteiger partial charge in [0.05, 0.1) is 0 Å². The van der Waals surface area contributed by atoms with E-state index < -0.39 is 0 Å². The van der Waals surface area contributed by atoms with Gasteiger partial charge in [-0.15, -0.1) is 0 Å². The zero-order valence-corrected chi connectivity index (χ0v) is 12.4. The summed E-state index contributed by atoms with van der Waals surface area (Å²) in [5.74, 6) is -0.275.